The molecule has 0 bridgehead atoms. The van der Waals surface area contributed by atoms with Crippen LogP contribution in [0.5, 0.6) is 17.4 Å². The molecule has 0 aliphatic heterocycles. The molecule has 142 valence electrons. The highest BCUT2D eigenvalue weighted by atomic mass is 32.1. The zero-order chi connectivity index (χ0) is 19.5. The van der Waals surface area contributed by atoms with Gasteiger partial charge in [-0.05, 0) is 35.4 Å². The second-order valence-corrected chi connectivity index (χ2v) is 6.85. The molecule has 4 aromatic rings. The van der Waals surface area contributed by atoms with Crippen molar-refractivity contribution in [3.63, 3.8) is 0 Å². The SMILES string of the molecule is COc1ccc(-c2csc3ncnc(OCc4ccc(F)cc4)c23)cc1OC. The summed E-state index contributed by atoms with van der Waals surface area (Å²) in [5.74, 6) is 1.52. The van der Waals surface area contributed by atoms with E-state index in [4.69, 9.17) is 14.2 Å². The van der Waals surface area contributed by atoms with Gasteiger partial charge in [0, 0.05) is 10.9 Å². The maximum atomic E-state index is 13.1. The monoisotopic (exact) mass is 396 g/mol. The highest BCUT2D eigenvalue weighted by molar-refractivity contribution is 7.17. The van der Waals surface area contributed by atoms with Crippen molar-refractivity contribution >= 4 is 21.6 Å². The van der Waals surface area contributed by atoms with Crippen LogP contribution >= 0.6 is 11.3 Å². The minimum Gasteiger partial charge on any atom is -0.493 e. The minimum absolute atomic E-state index is 0.276. The topological polar surface area (TPSA) is 53.5 Å². The smallest absolute Gasteiger partial charge is 0.226 e. The predicted octanol–water partition coefficient (Wildman–Crippen LogP) is 5.09. The number of nitrogens with zero attached hydrogens (tertiary/aromatic N) is 2. The summed E-state index contributed by atoms with van der Waals surface area (Å²) in [5, 5.41) is 2.85. The second-order valence-electron chi connectivity index (χ2n) is 5.99. The molecule has 0 aliphatic carbocycles. The predicted molar refractivity (Wildman–Crippen MR) is 107 cm³/mol. The van der Waals surface area contributed by atoms with E-state index in [1.54, 1.807) is 26.4 Å². The van der Waals surface area contributed by atoms with Gasteiger partial charge in [0.1, 0.15) is 23.6 Å². The van der Waals surface area contributed by atoms with Crippen molar-refractivity contribution in [2.75, 3.05) is 14.2 Å². The molecule has 5 nitrogen and oxygen atoms in total. The highest BCUT2D eigenvalue weighted by Gasteiger charge is 2.16. The van der Waals surface area contributed by atoms with E-state index in [-0.39, 0.29) is 12.4 Å². The van der Waals surface area contributed by atoms with Crippen LogP contribution in [-0.2, 0) is 6.61 Å². The van der Waals surface area contributed by atoms with Crippen molar-refractivity contribution in [1.82, 2.24) is 9.97 Å². The Morgan fingerprint density at radius 1 is 0.964 bits per heavy atom. The van der Waals surface area contributed by atoms with Crippen LogP contribution < -0.4 is 14.2 Å². The third-order valence-corrected chi connectivity index (χ3v) is 5.21. The van der Waals surface area contributed by atoms with E-state index in [1.165, 1.54) is 29.8 Å². The van der Waals surface area contributed by atoms with Gasteiger partial charge >= 0.3 is 0 Å². The lowest BCUT2D eigenvalue weighted by Gasteiger charge is -2.11. The summed E-state index contributed by atoms with van der Waals surface area (Å²) in [6.45, 7) is 0.285. The maximum Gasteiger partial charge on any atom is 0.226 e. The van der Waals surface area contributed by atoms with Crippen LogP contribution in [0.25, 0.3) is 21.3 Å². The summed E-state index contributed by atoms with van der Waals surface area (Å²) in [5.41, 5.74) is 2.76. The van der Waals surface area contributed by atoms with Crippen LogP contribution in [0.4, 0.5) is 4.39 Å². The molecule has 7 heteroatoms. The molecule has 2 heterocycles. The Labute approximate surface area is 165 Å². The minimum atomic E-state index is -0.276. The normalized spacial score (nSPS) is 10.8. The van der Waals surface area contributed by atoms with Crippen LogP contribution in [0.15, 0.2) is 54.2 Å². The van der Waals surface area contributed by atoms with E-state index in [9.17, 15) is 4.39 Å². The molecule has 2 aromatic carbocycles. The molecule has 0 saturated carbocycles. The number of aromatic nitrogens is 2. The van der Waals surface area contributed by atoms with Gasteiger partial charge in [-0.25, -0.2) is 14.4 Å². The Morgan fingerprint density at radius 2 is 1.75 bits per heavy atom. The standard InChI is InChI=1S/C21H17FN2O3S/c1-25-17-8-5-14(9-18(17)26-2)16-11-28-21-19(16)20(23-12-24-21)27-10-13-3-6-15(22)7-4-13/h3-9,11-12H,10H2,1-2H3. The summed E-state index contributed by atoms with van der Waals surface area (Å²) >= 11 is 1.52. The van der Waals surface area contributed by atoms with Gasteiger partial charge in [0.05, 0.1) is 19.6 Å². The molecule has 28 heavy (non-hydrogen) atoms. The van der Waals surface area contributed by atoms with Crippen molar-refractivity contribution in [1.29, 1.82) is 0 Å². The van der Waals surface area contributed by atoms with Gasteiger partial charge < -0.3 is 14.2 Å². The number of fused-ring (bicyclic) bond motifs is 1. The van der Waals surface area contributed by atoms with E-state index in [1.807, 2.05) is 23.6 Å². The third kappa shape index (κ3) is 3.48. The number of methoxy groups -OCH3 is 2. The Bertz CT molecular complexity index is 1110. The number of ether oxygens (including phenoxy) is 3. The van der Waals surface area contributed by atoms with E-state index in [0.29, 0.717) is 17.4 Å². The number of halogens is 1. The molecule has 4 rings (SSSR count). The Morgan fingerprint density at radius 3 is 2.50 bits per heavy atom. The lowest BCUT2D eigenvalue weighted by Crippen LogP contribution is -1.98. The van der Waals surface area contributed by atoms with Crippen molar-refractivity contribution in [3.8, 4) is 28.5 Å². The summed E-state index contributed by atoms with van der Waals surface area (Å²) < 4.78 is 29.8. The third-order valence-electron chi connectivity index (χ3n) is 4.32. The lowest BCUT2D eigenvalue weighted by molar-refractivity contribution is 0.297. The zero-order valence-electron chi connectivity index (χ0n) is 15.3. The molecule has 0 saturated heterocycles. The lowest BCUT2D eigenvalue weighted by atomic mass is 10.1. The summed E-state index contributed by atoms with van der Waals surface area (Å²) in [6, 6.07) is 11.9. The average molecular weight is 396 g/mol. The quantitative estimate of drug-likeness (QED) is 0.454. The van der Waals surface area contributed by atoms with Gasteiger partial charge in [0.15, 0.2) is 11.5 Å². The molecule has 0 spiro atoms. The fraction of sp³-hybridized carbons (Fsp3) is 0.143. The Balaban J connectivity index is 1.71. The summed E-state index contributed by atoms with van der Waals surface area (Å²) in [4.78, 5) is 9.50. The molecular formula is C21H17FN2O3S. The van der Waals surface area contributed by atoms with Crippen LogP contribution in [0.2, 0.25) is 0 Å². The first kappa shape index (κ1) is 18.2. The largest absolute Gasteiger partial charge is 0.493 e. The molecule has 0 atom stereocenters. The van der Waals surface area contributed by atoms with Crippen LogP contribution in [0.1, 0.15) is 5.56 Å². The second kappa shape index (κ2) is 7.82. The Kier molecular flexibility index (Phi) is 5.08. The average Bonchev–Trinajstić information content (AvgIpc) is 3.17. The van der Waals surface area contributed by atoms with Gasteiger partial charge in [0.25, 0.3) is 0 Å². The first-order valence-corrected chi connectivity index (χ1v) is 9.39. The highest BCUT2D eigenvalue weighted by Crippen LogP contribution is 2.40. The van der Waals surface area contributed by atoms with Crippen LogP contribution in [0, 0.1) is 5.82 Å². The molecule has 0 aliphatic rings. The van der Waals surface area contributed by atoms with Crippen molar-refractivity contribution in [2.24, 2.45) is 0 Å². The molecule has 0 fully saturated rings. The van der Waals surface area contributed by atoms with Crippen LogP contribution in [0.3, 0.4) is 0 Å². The van der Waals surface area contributed by atoms with E-state index < -0.39 is 0 Å². The van der Waals surface area contributed by atoms with E-state index in [0.717, 1.165) is 26.9 Å². The van der Waals surface area contributed by atoms with Gasteiger partial charge in [-0.3, -0.25) is 0 Å². The number of hydrogen-bond donors (Lipinski definition) is 0. The molecule has 0 N–H and O–H groups in total. The number of rotatable bonds is 6. The molecule has 2 aromatic heterocycles. The summed E-state index contributed by atoms with van der Waals surface area (Å²) in [7, 11) is 3.21. The van der Waals surface area contributed by atoms with Crippen LogP contribution in [-0.4, -0.2) is 24.2 Å². The number of hydrogen-bond acceptors (Lipinski definition) is 6. The Hall–Kier alpha value is -3.19. The maximum absolute atomic E-state index is 13.1. The van der Waals surface area contributed by atoms with Gasteiger partial charge in [0.2, 0.25) is 5.88 Å². The molecule has 0 radical (unpaired) electrons. The molecule has 0 amide bonds. The molecule has 0 unspecified atom stereocenters. The first-order valence-electron chi connectivity index (χ1n) is 8.51. The molecular weight excluding hydrogens is 379 g/mol. The van der Waals surface area contributed by atoms with Crippen molar-refractivity contribution in [2.45, 2.75) is 6.61 Å². The van der Waals surface area contributed by atoms with Gasteiger partial charge in [-0.15, -0.1) is 11.3 Å². The first-order chi connectivity index (χ1) is 13.7. The van der Waals surface area contributed by atoms with E-state index >= 15 is 0 Å². The summed E-state index contributed by atoms with van der Waals surface area (Å²) in [6.07, 6.45) is 1.48. The fourth-order valence-electron chi connectivity index (χ4n) is 2.91. The van der Waals surface area contributed by atoms with Crippen molar-refractivity contribution in [3.05, 3.63) is 65.6 Å². The van der Waals surface area contributed by atoms with Crippen molar-refractivity contribution < 1.29 is 18.6 Å². The van der Waals surface area contributed by atoms with E-state index in [2.05, 4.69) is 9.97 Å². The fourth-order valence-corrected chi connectivity index (χ4v) is 3.81. The zero-order valence-corrected chi connectivity index (χ0v) is 16.1. The number of thiophene rings is 1. The van der Waals surface area contributed by atoms with Gasteiger partial charge in [-0.2, -0.15) is 0 Å². The number of benzene rings is 2. The van der Waals surface area contributed by atoms with Gasteiger partial charge in [-0.1, -0.05) is 18.2 Å².